The maximum absolute atomic E-state index is 6.37. The van der Waals surface area contributed by atoms with E-state index in [-0.39, 0.29) is 5.66 Å². The molecule has 0 amide bonds. The molecule has 1 aromatic carbocycles. The molecule has 2 heteroatoms. The summed E-state index contributed by atoms with van der Waals surface area (Å²) in [6.45, 7) is 4.36. The van der Waals surface area contributed by atoms with Crippen molar-refractivity contribution in [2.45, 2.75) is 25.4 Å². The van der Waals surface area contributed by atoms with E-state index in [0.29, 0.717) is 0 Å². The third kappa shape index (κ3) is 1.68. The van der Waals surface area contributed by atoms with Crippen LogP contribution >= 0.6 is 0 Å². The molecular weight excluding hydrogens is 172 g/mol. The summed E-state index contributed by atoms with van der Waals surface area (Å²) in [7, 11) is 0. The van der Waals surface area contributed by atoms with Crippen LogP contribution in [0.1, 0.15) is 25.3 Å². The monoisotopic (exact) mass is 190 g/mol. The van der Waals surface area contributed by atoms with Gasteiger partial charge in [0.05, 0.1) is 5.66 Å². The SMILES string of the molecule is CC(N)(c1ccccc1)N1CCCC1. The van der Waals surface area contributed by atoms with Gasteiger partial charge in [0, 0.05) is 13.1 Å². The molecule has 0 spiro atoms. The Morgan fingerprint density at radius 1 is 1.14 bits per heavy atom. The van der Waals surface area contributed by atoms with Crippen molar-refractivity contribution in [3.8, 4) is 0 Å². The molecule has 0 radical (unpaired) electrons. The lowest BCUT2D eigenvalue weighted by Crippen LogP contribution is -2.49. The first-order valence-electron chi connectivity index (χ1n) is 5.31. The minimum atomic E-state index is -0.294. The van der Waals surface area contributed by atoms with E-state index in [4.69, 9.17) is 5.73 Å². The van der Waals surface area contributed by atoms with Crippen LogP contribution in [-0.4, -0.2) is 18.0 Å². The van der Waals surface area contributed by atoms with Gasteiger partial charge in [0.1, 0.15) is 0 Å². The Morgan fingerprint density at radius 2 is 1.71 bits per heavy atom. The fourth-order valence-electron chi connectivity index (χ4n) is 2.14. The van der Waals surface area contributed by atoms with Crippen LogP contribution in [0.4, 0.5) is 0 Å². The predicted octanol–water partition coefficient (Wildman–Crippen LogP) is 1.91. The Morgan fingerprint density at radius 3 is 2.29 bits per heavy atom. The highest BCUT2D eigenvalue weighted by molar-refractivity contribution is 5.22. The topological polar surface area (TPSA) is 29.3 Å². The number of hydrogen-bond acceptors (Lipinski definition) is 2. The smallest absolute Gasteiger partial charge is 0.0920 e. The maximum atomic E-state index is 6.37. The molecule has 2 N–H and O–H groups in total. The van der Waals surface area contributed by atoms with Crippen LogP contribution in [0.25, 0.3) is 0 Å². The van der Waals surface area contributed by atoms with Crippen LogP contribution in [0, 0.1) is 0 Å². The normalized spacial score (nSPS) is 22.1. The Labute approximate surface area is 85.7 Å². The molecule has 0 aromatic heterocycles. The van der Waals surface area contributed by atoms with E-state index >= 15 is 0 Å². The van der Waals surface area contributed by atoms with Crippen LogP contribution < -0.4 is 5.73 Å². The second-order valence-electron chi connectivity index (χ2n) is 4.21. The van der Waals surface area contributed by atoms with Crippen molar-refractivity contribution in [3.05, 3.63) is 35.9 Å². The first-order valence-corrected chi connectivity index (χ1v) is 5.31. The lowest BCUT2D eigenvalue weighted by molar-refractivity contribution is 0.142. The Kier molecular flexibility index (Phi) is 2.57. The molecule has 2 nitrogen and oxygen atoms in total. The molecule has 1 saturated heterocycles. The highest BCUT2D eigenvalue weighted by Crippen LogP contribution is 2.25. The minimum absolute atomic E-state index is 0.294. The molecule has 1 fully saturated rings. The summed E-state index contributed by atoms with van der Waals surface area (Å²) < 4.78 is 0. The molecule has 1 atom stereocenters. The largest absolute Gasteiger partial charge is 0.310 e. The van der Waals surface area contributed by atoms with Crippen LogP contribution in [0.5, 0.6) is 0 Å². The lowest BCUT2D eigenvalue weighted by atomic mass is 10.0. The Balaban J connectivity index is 2.22. The predicted molar refractivity (Wildman–Crippen MR) is 58.8 cm³/mol. The summed E-state index contributed by atoms with van der Waals surface area (Å²) in [5.74, 6) is 0. The van der Waals surface area contributed by atoms with Gasteiger partial charge in [-0.3, -0.25) is 4.90 Å². The highest BCUT2D eigenvalue weighted by Gasteiger charge is 2.30. The number of nitrogens with two attached hydrogens (primary N) is 1. The van der Waals surface area contributed by atoms with Gasteiger partial charge in [0.15, 0.2) is 0 Å². The zero-order chi connectivity index (χ0) is 10.0. The van der Waals surface area contributed by atoms with E-state index in [2.05, 4.69) is 36.1 Å². The van der Waals surface area contributed by atoms with E-state index in [0.717, 1.165) is 13.1 Å². The third-order valence-electron chi connectivity index (χ3n) is 3.12. The zero-order valence-corrected chi connectivity index (χ0v) is 8.74. The van der Waals surface area contributed by atoms with Gasteiger partial charge in [-0.2, -0.15) is 0 Å². The fraction of sp³-hybridized carbons (Fsp3) is 0.500. The quantitative estimate of drug-likeness (QED) is 0.772. The molecular formula is C12H18N2. The van der Waals surface area contributed by atoms with Crippen molar-refractivity contribution in [2.75, 3.05) is 13.1 Å². The molecule has 1 unspecified atom stereocenters. The molecule has 0 saturated carbocycles. The standard InChI is InChI=1S/C12H18N2/c1-12(13,14-9-5-6-10-14)11-7-3-2-4-8-11/h2-4,7-8H,5-6,9-10,13H2,1H3. The number of nitrogens with zero attached hydrogens (tertiary/aromatic N) is 1. The van der Waals surface area contributed by atoms with Crippen molar-refractivity contribution in [1.82, 2.24) is 4.90 Å². The van der Waals surface area contributed by atoms with Crippen molar-refractivity contribution in [3.63, 3.8) is 0 Å². The van der Waals surface area contributed by atoms with Crippen LogP contribution in [0.2, 0.25) is 0 Å². The fourth-order valence-corrected chi connectivity index (χ4v) is 2.14. The molecule has 14 heavy (non-hydrogen) atoms. The van der Waals surface area contributed by atoms with Gasteiger partial charge in [-0.05, 0) is 25.3 Å². The number of benzene rings is 1. The van der Waals surface area contributed by atoms with Crippen molar-refractivity contribution >= 4 is 0 Å². The van der Waals surface area contributed by atoms with Gasteiger partial charge in [0.25, 0.3) is 0 Å². The van der Waals surface area contributed by atoms with Crippen molar-refractivity contribution in [1.29, 1.82) is 0 Å². The second kappa shape index (κ2) is 3.71. The van der Waals surface area contributed by atoms with Crippen LogP contribution in [0.3, 0.4) is 0 Å². The number of hydrogen-bond donors (Lipinski definition) is 1. The molecule has 1 aliphatic rings. The number of rotatable bonds is 2. The van der Waals surface area contributed by atoms with E-state index in [1.54, 1.807) is 0 Å². The van der Waals surface area contributed by atoms with Gasteiger partial charge in [0.2, 0.25) is 0 Å². The van der Waals surface area contributed by atoms with E-state index in [1.165, 1.54) is 18.4 Å². The molecule has 2 rings (SSSR count). The summed E-state index contributed by atoms with van der Waals surface area (Å²) in [4.78, 5) is 2.36. The molecule has 1 aliphatic heterocycles. The summed E-state index contributed by atoms with van der Waals surface area (Å²) in [5.41, 5.74) is 7.29. The van der Waals surface area contributed by atoms with E-state index in [1.807, 2.05) is 6.07 Å². The minimum Gasteiger partial charge on any atom is -0.310 e. The Bertz CT molecular complexity index is 286. The van der Waals surface area contributed by atoms with Crippen LogP contribution in [-0.2, 0) is 5.66 Å². The zero-order valence-electron chi connectivity index (χ0n) is 8.74. The average molecular weight is 190 g/mol. The second-order valence-corrected chi connectivity index (χ2v) is 4.21. The molecule has 1 aromatic rings. The third-order valence-corrected chi connectivity index (χ3v) is 3.12. The maximum Gasteiger partial charge on any atom is 0.0920 e. The average Bonchev–Trinajstić information content (AvgIpc) is 2.72. The van der Waals surface area contributed by atoms with E-state index < -0.39 is 0 Å². The molecule has 0 aliphatic carbocycles. The lowest BCUT2D eigenvalue weighted by Gasteiger charge is -2.35. The van der Waals surface area contributed by atoms with Crippen molar-refractivity contribution in [2.24, 2.45) is 5.73 Å². The first kappa shape index (κ1) is 9.69. The van der Waals surface area contributed by atoms with Crippen LogP contribution in [0.15, 0.2) is 30.3 Å². The van der Waals surface area contributed by atoms with Crippen molar-refractivity contribution < 1.29 is 0 Å². The van der Waals surface area contributed by atoms with Gasteiger partial charge >= 0.3 is 0 Å². The first-order chi connectivity index (χ1) is 6.71. The van der Waals surface area contributed by atoms with Gasteiger partial charge in [-0.1, -0.05) is 30.3 Å². The number of likely N-dealkylation sites (tertiary alicyclic amines) is 1. The highest BCUT2D eigenvalue weighted by atomic mass is 15.3. The summed E-state index contributed by atoms with van der Waals surface area (Å²) >= 11 is 0. The summed E-state index contributed by atoms with van der Waals surface area (Å²) in [6, 6.07) is 10.4. The van der Waals surface area contributed by atoms with E-state index in [9.17, 15) is 0 Å². The molecule has 1 heterocycles. The Hall–Kier alpha value is -0.860. The summed E-state index contributed by atoms with van der Waals surface area (Å²) in [5, 5.41) is 0. The summed E-state index contributed by atoms with van der Waals surface area (Å²) in [6.07, 6.45) is 2.55. The van der Waals surface area contributed by atoms with Gasteiger partial charge in [-0.25, -0.2) is 0 Å². The molecule has 0 bridgehead atoms. The van der Waals surface area contributed by atoms with Gasteiger partial charge < -0.3 is 5.73 Å². The van der Waals surface area contributed by atoms with Gasteiger partial charge in [-0.15, -0.1) is 0 Å². The molecule has 76 valence electrons.